The molecule has 160 valence electrons. The van der Waals surface area contributed by atoms with Gasteiger partial charge in [-0.2, -0.15) is 0 Å². The number of hydroxylamine groups is 2. The Balaban J connectivity index is 1.74. The van der Waals surface area contributed by atoms with Gasteiger partial charge in [-0.25, -0.2) is 4.79 Å². The molecule has 2 amide bonds. The molecule has 0 radical (unpaired) electrons. The first-order valence-corrected chi connectivity index (χ1v) is 10.4. The Morgan fingerprint density at radius 1 is 0.724 bits per heavy atom. The van der Waals surface area contributed by atoms with Crippen molar-refractivity contribution in [2.75, 3.05) is 0 Å². The third kappa shape index (κ3) is 4.94. The number of carbonyl (C=O) groups excluding carboxylic acids is 5. The second kappa shape index (κ2) is 9.37. The lowest BCUT2D eigenvalue weighted by molar-refractivity contribution is -0.199. The van der Waals surface area contributed by atoms with Gasteiger partial charge in [0.1, 0.15) is 0 Å². The summed E-state index contributed by atoms with van der Waals surface area (Å²) in [6.07, 6.45) is 4.93. The van der Waals surface area contributed by atoms with Gasteiger partial charge < -0.3 is 14.3 Å². The zero-order valence-corrected chi connectivity index (χ0v) is 16.6. The Labute approximate surface area is 169 Å². The number of hydrogen-bond donors (Lipinski definition) is 0. The predicted octanol–water partition coefficient (Wildman–Crippen LogP) is 1.82. The maximum absolute atomic E-state index is 12.6. The molecule has 0 aromatic heterocycles. The summed E-state index contributed by atoms with van der Waals surface area (Å²) in [6, 6.07) is 0. The Morgan fingerprint density at radius 2 is 1.10 bits per heavy atom. The van der Waals surface area contributed by atoms with E-state index in [9.17, 15) is 24.0 Å². The van der Waals surface area contributed by atoms with Gasteiger partial charge in [0.05, 0.1) is 11.8 Å². The second-order valence-electron chi connectivity index (χ2n) is 7.94. The van der Waals surface area contributed by atoms with Crippen LogP contribution in [0.4, 0.5) is 0 Å². The van der Waals surface area contributed by atoms with Crippen molar-refractivity contribution in [1.82, 2.24) is 5.06 Å². The van der Waals surface area contributed by atoms with Crippen LogP contribution in [0.3, 0.4) is 0 Å². The molecule has 3 aliphatic rings. The maximum Gasteiger partial charge on any atom is 0.330 e. The van der Waals surface area contributed by atoms with Crippen LogP contribution < -0.4 is 0 Å². The van der Waals surface area contributed by atoms with Crippen LogP contribution in [0.15, 0.2) is 0 Å². The molecule has 0 N–H and O–H groups in total. The van der Waals surface area contributed by atoms with E-state index in [1.54, 1.807) is 0 Å². The molecule has 0 aromatic rings. The van der Waals surface area contributed by atoms with Gasteiger partial charge in [-0.15, -0.1) is 0 Å². The monoisotopic (exact) mass is 409 g/mol. The van der Waals surface area contributed by atoms with Crippen molar-refractivity contribution in [1.29, 1.82) is 0 Å². The van der Waals surface area contributed by atoms with E-state index >= 15 is 0 Å². The van der Waals surface area contributed by atoms with Crippen molar-refractivity contribution in [2.24, 2.45) is 11.8 Å². The van der Waals surface area contributed by atoms with E-state index in [4.69, 9.17) is 9.47 Å². The number of hydrogen-bond acceptors (Lipinski definition) is 8. The lowest BCUT2D eigenvalue weighted by Crippen LogP contribution is -2.40. The van der Waals surface area contributed by atoms with Gasteiger partial charge in [0.15, 0.2) is 0 Å². The fourth-order valence-corrected chi connectivity index (χ4v) is 4.16. The van der Waals surface area contributed by atoms with Gasteiger partial charge in [0.2, 0.25) is 12.2 Å². The van der Waals surface area contributed by atoms with E-state index in [0.717, 1.165) is 45.4 Å². The summed E-state index contributed by atoms with van der Waals surface area (Å²) >= 11 is 0. The molecule has 1 aliphatic heterocycles. The minimum absolute atomic E-state index is 0.236. The van der Waals surface area contributed by atoms with Crippen LogP contribution in [0.25, 0.3) is 0 Å². The minimum atomic E-state index is -1.64. The first-order valence-electron chi connectivity index (χ1n) is 10.4. The van der Waals surface area contributed by atoms with Crippen molar-refractivity contribution in [2.45, 2.75) is 83.3 Å². The van der Waals surface area contributed by atoms with Crippen LogP contribution in [0.1, 0.15) is 71.1 Å². The fourth-order valence-electron chi connectivity index (χ4n) is 4.16. The highest BCUT2D eigenvalue weighted by molar-refractivity contribution is 6.09. The van der Waals surface area contributed by atoms with Crippen LogP contribution in [-0.4, -0.2) is 47.0 Å². The van der Waals surface area contributed by atoms with Crippen molar-refractivity contribution in [3.05, 3.63) is 0 Å². The highest BCUT2D eigenvalue weighted by atomic mass is 16.7. The zero-order chi connectivity index (χ0) is 21.0. The maximum atomic E-state index is 12.6. The molecule has 2 unspecified atom stereocenters. The fraction of sp³-hybridized carbons (Fsp3) is 0.750. The average molecular weight is 409 g/mol. The molecule has 0 aromatic carbocycles. The smallest absolute Gasteiger partial charge is 0.330 e. The minimum Gasteiger partial charge on any atom is -0.447 e. The highest BCUT2D eigenvalue weighted by Crippen LogP contribution is 2.30. The van der Waals surface area contributed by atoms with Crippen LogP contribution in [0, 0.1) is 11.8 Å². The summed E-state index contributed by atoms with van der Waals surface area (Å²) in [6.45, 7) is 1.03. The third-order valence-corrected chi connectivity index (χ3v) is 5.75. The predicted molar refractivity (Wildman–Crippen MR) is 96.5 cm³/mol. The van der Waals surface area contributed by atoms with Gasteiger partial charge in [0.25, 0.3) is 0 Å². The normalized spacial score (nSPS) is 26.3. The van der Waals surface area contributed by atoms with E-state index in [-0.39, 0.29) is 16.9 Å². The zero-order valence-electron chi connectivity index (χ0n) is 16.6. The SMILES string of the molecule is CC(=O)ON1C(=O)C(OC(=O)C2CCCCC2)C(OC(=O)C2CCCCC2)C1=O. The summed E-state index contributed by atoms with van der Waals surface area (Å²) in [5.74, 6) is -4.83. The number of ether oxygens (including phenoxy) is 2. The van der Waals surface area contributed by atoms with Crippen LogP contribution in [0.2, 0.25) is 0 Å². The topological polar surface area (TPSA) is 116 Å². The summed E-state index contributed by atoms with van der Waals surface area (Å²) in [5, 5.41) is 0.236. The number of imide groups is 1. The molecule has 3 rings (SSSR count). The largest absolute Gasteiger partial charge is 0.447 e. The summed E-state index contributed by atoms with van der Waals surface area (Å²) < 4.78 is 10.7. The molecule has 29 heavy (non-hydrogen) atoms. The van der Waals surface area contributed by atoms with E-state index in [1.165, 1.54) is 0 Å². The highest BCUT2D eigenvalue weighted by Gasteiger charge is 2.55. The molecule has 2 saturated carbocycles. The molecule has 9 nitrogen and oxygen atoms in total. The van der Waals surface area contributed by atoms with Crippen LogP contribution in [-0.2, 0) is 38.3 Å². The molecular weight excluding hydrogens is 382 g/mol. The number of carbonyl (C=O) groups is 5. The number of rotatable bonds is 5. The molecule has 1 saturated heterocycles. The van der Waals surface area contributed by atoms with Gasteiger partial charge in [-0.05, 0) is 25.7 Å². The molecule has 1 heterocycles. The van der Waals surface area contributed by atoms with E-state index in [0.29, 0.717) is 25.7 Å². The van der Waals surface area contributed by atoms with Crippen molar-refractivity contribution in [3.63, 3.8) is 0 Å². The van der Waals surface area contributed by atoms with Gasteiger partial charge in [0, 0.05) is 6.92 Å². The summed E-state index contributed by atoms with van der Waals surface area (Å²) in [7, 11) is 0. The number of esters is 2. The Bertz CT molecular complexity index is 628. The van der Waals surface area contributed by atoms with E-state index in [1.807, 2.05) is 0 Å². The summed E-state index contributed by atoms with van der Waals surface area (Å²) in [4.78, 5) is 66.1. The first-order chi connectivity index (χ1) is 13.9. The molecule has 2 atom stereocenters. The molecule has 3 fully saturated rings. The quantitative estimate of drug-likeness (QED) is 0.499. The standard InChI is InChI=1S/C20H27NO8/c1-12(22)29-21-17(23)15(27-19(25)13-8-4-2-5-9-13)16(18(21)24)28-20(26)14-10-6-3-7-11-14/h13-16H,2-11H2,1H3. The van der Waals surface area contributed by atoms with Gasteiger partial charge >= 0.3 is 29.7 Å². The van der Waals surface area contributed by atoms with Crippen LogP contribution in [0.5, 0.6) is 0 Å². The van der Waals surface area contributed by atoms with Gasteiger partial charge in [-0.3, -0.25) is 19.2 Å². The van der Waals surface area contributed by atoms with E-state index < -0.39 is 41.9 Å². The molecule has 2 aliphatic carbocycles. The van der Waals surface area contributed by atoms with Crippen molar-refractivity contribution >= 4 is 29.7 Å². The van der Waals surface area contributed by atoms with Crippen molar-refractivity contribution in [3.8, 4) is 0 Å². The molecule has 0 spiro atoms. The van der Waals surface area contributed by atoms with Gasteiger partial charge in [-0.1, -0.05) is 43.6 Å². The lowest BCUT2D eigenvalue weighted by Gasteiger charge is -2.24. The lowest BCUT2D eigenvalue weighted by atomic mass is 9.89. The Kier molecular flexibility index (Phi) is 6.87. The molecule has 9 heteroatoms. The third-order valence-electron chi connectivity index (χ3n) is 5.75. The Morgan fingerprint density at radius 3 is 1.45 bits per heavy atom. The Hall–Kier alpha value is -2.45. The summed E-state index contributed by atoms with van der Waals surface area (Å²) in [5.41, 5.74) is 0. The van der Waals surface area contributed by atoms with E-state index in [2.05, 4.69) is 4.84 Å². The first kappa shape index (κ1) is 21.3. The van der Waals surface area contributed by atoms with Crippen LogP contribution >= 0.6 is 0 Å². The van der Waals surface area contributed by atoms with Crippen molar-refractivity contribution < 1.29 is 38.3 Å². The number of amides is 2. The molecular formula is C20H27NO8. The number of nitrogens with zero attached hydrogens (tertiary/aromatic N) is 1. The molecule has 0 bridgehead atoms. The second-order valence-corrected chi connectivity index (χ2v) is 7.94. The average Bonchev–Trinajstić information content (AvgIpc) is 2.93.